The van der Waals surface area contributed by atoms with Crippen molar-refractivity contribution < 1.29 is 38.9 Å². The first-order valence-corrected chi connectivity index (χ1v) is 10.5. The van der Waals surface area contributed by atoms with Gasteiger partial charge in [-0.05, 0) is 66.8 Å². The Labute approximate surface area is 186 Å². The first kappa shape index (κ1) is 24.8. The van der Waals surface area contributed by atoms with E-state index in [0.29, 0.717) is 23.6 Å². The standard InChI is InChI=1S/C24H28O8/c1-5-9-31-23(29)13(3)18-12-16-11-15(21(25)26)7-8-17(16)19(20(18)22(27)28)14(4)24(30)32-10-6-2/h7-8,11-14H,5-6,9-10H2,1-4H3,(H,25,26)(H,27,28)/t13-,14-/m0/s1. The van der Waals surface area contributed by atoms with E-state index in [4.69, 9.17) is 9.47 Å². The lowest BCUT2D eigenvalue weighted by Crippen LogP contribution is -2.22. The molecule has 172 valence electrons. The second-order valence-electron chi connectivity index (χ2n) is 7.58. The predicted octanol–water partition coefficient (Wildman–Crippen LogP) is 4.35. The maximum Gasteiger partial charge on any atom is 0.336 e. The molecule has 0 aromatic heterocycles. The minimum atomic E-state index is -1.30. The van der Waals surface area contributed by atoms with Gasteiger partial charge in [0.15, 0.2) is 0 Å². The third kappa shape index (κ3) is 5.25. The summed E-state index contributed by atoms with van der Waals surface area (Å²) in [5.74, 6) is -5.55. The SMILES string of the molecule is CCCOC(=O)[C@@H](C)c1cc2cc(C(=O)O)ccc2c([C@H](C)C(=O)OCCC)c1C(=O)O. The highest BCUT2D eigenvalue weighted by atomic mass is 16.5. The van der Waals surface area contributed by atoms with Gasteiger partial charge in [-0.1, -0.05) is 19.9 Å². The van der Waals surface area contributed by atoms with Crippen LogP contribution in [-0.4, -0.2) is 47.3 Å². The Morgan fingerprint density at radius 2 is 1.41 bits per heavy atom. The minimum absolute atomic E-state index is 0.0000925. The van der Waals surface area contributed by atoms with Crippen molar-refractivity contribution in [3.05, 3.63) is 46.5 Å². The lowest BCUT2D eigenvalue weighted by atomic mass is 9.83. The van der Waals surface area contributed by atoms with Crippen LogP contribution in [0.2, 0.25) is 0 Å². The summed E-state index contributed by atoms with van der Waals surface area (Å²) in [7, 11) is 0. The summed E-state index contributed by atoms with van der Waals surface area (Å²) < 4.78 is 10.4. The van der Waals surface area contributed by atoms with Gasteiger partial charge in [0.2, 0.25) is 0 Å². The smallest absolute Gasteiger partial charge is 0.336 e. The Bertz CT molecular complexity index is 1040. The molecule has 0 aliphatic rings. The van der Waals surface area contributed by atoms with Gasteiger partial charge in [-0.25, -0.2) is 9.59 Å². The highest BCUT2D eigenvalue weighted by Crippen LogP contribution is 2.36. The van der Waals surface area contributed by atoms with Crippen LogP contribution in [0.4, 0.5) is 0 Å². The van der Waals surface area contributed by atoms with E-state index in [1.54, 1.807) is 0 Å². The van der Waals surface area contributed by atoms with E-state index in [1.165, 1.54) is 38.1 Å². The van der Waals surface area contributed by atoms with Gasteiger partial charge in [-0.2, -0.15) is 0 Å². The molecule has 0 amide bonds. The van der Waals surface area contributed by atoms with Gasteiger partial charge in [0.05, 0.1) is 36.2 Å². The average molecular weight is 444 g/mol. The number of carboxylic acid groups (broad SMARTS) is 2. The molecule has 0 aliphatic heterocycles. The molecular formula is C24H28O8. The lowest BCUT2D eigenvalue weighted by Gasteiger charge is -2.22. The number of hydrogen-bond acceptors (Lipinski definition) is 6. The van der Waals surface area contributed by atoms with Crippen LogP contribution in [0.1, 0.15) is 84.2 Å². The molecule has 0 saturated carbocycles. The number of carbonyl (C=O) groups is 4. The van der Waals surface area contributed by atoms with Crippen LogP contribution in [0, 0.1) is 0 Å². The Morgan fingerprint density at radius 1 is 0.844 bits per heavy atom. The monoisotopic (exact) mass is 444 g/mol. The summed E-state index contributed by atoms with van der Waals surface area (Å²) in [6.45, 7) is 7.12. The molecule has 8 nitrogen and oxygen atoms in total. The summed E-state index contributed by atoms with van der Waals surface area (Å²) in [4.78, 5) is 49.0. The fourth-order valence-corrected chi connectivity index (χ4v) is 3.52. The number of ether oxygens (including phenoxy) is 2. The van der Waals surface area contributed by atoms with Crippen LogP contribution in [0.5, 0.6) is 0 Å². The average Bonchev–Trinajstić information content (AvgIpc) is 2.77. The normalized spacial score (nSPS) is 12.8. The molecule has 2 aromatic carbocycles. The third-order valence-electron chi connectivity index (χ3n) is 5.18. The molecule has 0 heterocycles. The number of esters is 2. The molecule has 32 heavy (non-hydrogen) atoms. The summed E-state index contributed by atoms with van der Waals surface area (Å²) in [6.07, 6.45) is 1.21. The van der Waals surface area contributed by atoms with E-state index in [-0.39, 0.29) is 35.5 Å². The van der Waals surface area contributed by atoms with Crippen molar-refractivity contribution in [2.75, 3.05) is 13.2 Å². The van der Waals surface area contributed by atoms with Crippen molar-refractivity contribution in [2.24, 2.45) is 0 Å². The molecule has 2 rings (SSSR count). The van der Waals surface area contributed by atoms with Crippen LogP contribution in [0.15, 0.2) is 24.3 Å². The van der Waals surface area contributed by atoms with Crippen LogP contribution in [0.25, 0.3) is 10.8 Å². The Hall–Kier alpha value is -3.42. The second kappa shape index (κ2) is 10.7. The fraction of sp³-hybridized carbons (Fsp3) is 0.417. The van der Waals surface area contributed by atoms with Gasteiger partial charge in [-0.15, -0.1) is 0 Å². The molecule has 2 aromatic rings. The molecule has 0 radical (unpaired) electrons. The maximum absolute atomic E-state index is 12.7. The number of carboxylic acids is 2. The highest BCUT2D eigenvalue weighted by molar-refractivity contribution is 6.05. The quantitative estimate of drug-likeness (QED) is 0.518. The predicted molar refractivity (Wildman–Crippen MR) is 117 cm³/mol. The van der Waals surface area contributed by atoms with Gasteiger partial charge < -0.3 is 19.7 Å². The van der Waals surface area contributed by atoms with Crippen molar-refractivity contribution >= 4 is 34.6 Å². The van der Waals surface area contributed by atoms with E-state index in [2.05, 4.69) is 0 Å². The number of fused-ring (bicyclic) bond motifs is 1. The third-order valence-corrected chi connectivity index (χ3v) is 5.18. The topological polar surface area (TPSA) is 127 Å². The first-order chi connectivity index (χ1) is 15.1. The molecule has 2 N–H and O–H groups in total. The Morgan fingerprint density at radius 3 is 1.91 bits per heavy atom. The van der Waals surface area contributed by atoms with Crippen LogP contribution >= 0.6 is 0 Å². The van der Waals surface area contributed by atoms with E-state index in [0.717, 1.165) is 0 Å². The summed E-state index contributed by atoms with van der Waals surface area (Å²) in [5.41, 5.74) is 0.152. The molecule has 0 spiro atoms. The van der Waals surface area contributed by atoms with E-state index >= 15 is 0 Å². The number of carbonyl (C=O) groups excluding carboxylic acids is 2. The van der Waals surface area contributed by atoms with Crippen LogP contribution < -0.4 is 0 Å². The van der Waals surface area contributed by atoms with Gasteiger partial charge in [0.1, 0.15) is 0 Å². The summed E-state index contributed by atoms with van der Waals surface area (Å²) in [6, 6.07) is 5.71. The van der Waals surface area contributed by atoms with Crippen LogP contribution in [0.3, 0.4) is 0 Å². The minimum Gasteiger partial charge on any atom is -0.478 e. The zero-order valence-corrected chi connectivity index (χ0v) is 18.6. The van der Waals surface area contributed by atoms with Crippen LogP contribution in [-0.2, 0) is 19.1 Å². The molecule has 0 unspecified atom stereocenters. The number of benzene rings is 2. The van der Waals surface area contributed by atoms with Crippen molar-refractivity contribution in [2.45, 2.75) is 52.4 Å². The van der Waals surface area contributed by atoms with Gasteiger partial charge in [0, 0.05) is 0 Å². The van der Waals surface area contributed by atoms with Gasteiger partial charge in [-0.3, -0.25) is 9.59 Å². The second-order valence-corrected chi connectivity index (χ2v) is 7.58. The Kier molecular flexibility index (Phi) is 8.34. The molecule has 2 atom stereocenters. The summed E-state index contributed by atoms with van der Waals surface area (Å²) in [5, 5.41) is 20.3. The molecule has 0 fully saturated rings. The molecule has 8 heteroatoms. The zero-order chi connectivity index (χ0) is 24.0. The molecule has 0 aliphatic carbocycles. The highest BCUT2D eigenvalue weighted by Gasteiger charge is 2.31. The van der Waals surface area contributed by atoms with E-state index < -0.39 is 35.7 Å². The van der Waals surface area contributed by atoms with Gasteiger partial charge in [0.25, 0.3) is 0 Å². The van der Waals surface area contributed by atoms with Crippen molar-refractivity contribution in [1.29, 1.82) is 0 Å². The van der Waals surface area contributed by atoms with Crippen molar-refractivity contribution in [3.8, 4) is 0 Å². The number of hydrogen-bond donors (Lipinski definition) is 2. The van der Waals surface area contributed by atoms with Crippen molar-refractivity contribution in [3.63, 3.8) is 0 Å². The first-order valence-electron chi connectivity index (χ1n) is 10.5. The maximum atomic E-state index is 12.7. The van der Waals surface area contributed by atoms with E-state index in [1.807, 2.05) is 13.8 Å². The Balaban J connectivity index is 2.82. The molecule has 0 saturated heterocycles. The van der Waals surface area contributed by atoms with E-state index in [9.17, 15) is 29.4 Å². The lowest BCUT2D eigenvalue weighted by molar-refractivity contribution is -0.145. The molecular weight excluding hydrogens is 416 g/mol. The molecule has 0 bridgehead atoms. The largest absolute Gasteiger partial charge is 0.478 e. The fourth-order valence-electron chi connectivity index (χ4n) is 3.52. The number of rotatable bonds is 10. The van der Waals surface area contributed by atoms with Crippen molar-refractivity contribution in [1.82, 2.24) is 0 Å². The number of aromatic carboxylic acids is 2. The zero-order valence-electron chi connectivity index (χ0n) is 18.6. The van der Waals surface area contributed by atoms with Gasteiger partial charge >= 0.3 is 23.9 Å². The summed E-state index contributed by atoms with van der Waals surface area (Å²) >= 11 is 0.